The Kier molecular flexibility index (Phi) is 10.3. The molecule has 0 atom stereocenters. The van der Waals surface area contributed by atoms with Gasteiger partial charge in [-0.25, -0.2) is 4.79 Å². The summed E-state index contributed by atoms with van der Waals surface area (Å²) in [4.78, 5) is 10.8. The van der Waals surface area contributed by atoms with Gasteiger partial charge in [0.05, 0.1) is 5.57 Å². The van der Waals surface area contributed by atoms with Gasteiger partial charge in [0, 0.05) is 25.5 Å². The van der Waals surface area contributed by atoms with E-state index in [4.69, 9.17) is 18.4 Å². The minimum atomic E-state index is -2.99. The third kappa shape index (κ3) is 7.62. The second kappa shape index (κ2) is 10.8. The van der Waals surface area contributed by atoms with Gasteiger partial charge in [-0.05, 0) is 26.2 Å². The van der Waals surface area contributed by atoms with Crippen molar-refractivity contribution in [2.45, 2.75) is 47.0 Å². The van der Waals surface area contributed by atoms with Gasteiger partial charge in [0.25, 0.3) is 0 Å². The summed E-state index contributed by atoms with van der Waals surface area (Å²) in [6, 6.07) is 0. The second-order valence-electron chi connectivity index (χ2n) is 4.37. The van der Waals surface area contributed by atoms with E-state index in [-0.39, 0.29) is 5.57 Å². The molecular weight excluding hydrogens is 276 g/mol. The normalized spacial score (nSPS) is 11.0. The standard InChI is InChI=1S/C14H26O5Si/c1-5-9-17-20(18-10-6-2,19-11-7-3)12-8-13(4)14(15)16/h12H,5-7,9-11H2,1-4H3,(H,15,16). The summed E-state index contributed by atoms with van der Waals surface area (Å²) < 4.78 is 17.4. The van der Waals surface area contributed by atoms with Crippen molar-refractivity contribution >= 4 is 14.8 Å². The van der Waals surface area contributed by atoms with E-state index >= 15 is 0 Å². The highest BCUT2D eigenvalue weighted by Gasteiger charge is 2.38. The maximum atomic E-state index is 10.8. The summed E-state index contributed by atoms with van der Waals surface area (Å²) in [5, 5.41) is 8.88. The molecule has 1 N–H and O–H groups in total. The molecule has 0 fully saturated rings. The third-order valence-electron chi connectivity index (χ3n) is 2.31. The molecule has 0 spiro atoms. The van der Waals surface area contributed by atoms with E-state index < -0.39 is 14.8 Å². The molecule has 0 aliphatic rings. The van der Waals surface area contributed by atoms with Crippen LogP contribution in [-0.2, 0) is 18.1 Å². The molecule has 20 heavy (non-hydrogen) atoms. The highest BCUT2D eigenvalue weighted by Crippen LogP contribution is 2.14. The first-order valence-electron chi connectivity index (χ1n) is 7.10. The molecule has 0 aliphatic heterocycles. The van der Waals surface area contributed by atoms with E-state index in [1.54, 1.807) is 5.70 Å². The van der Waals surface area contributed by atoms with Gasteiger partial charge < -0.3 is 18.4 Å². The number of hydrogen-bond donors (Lipinski definition) is 1. The molecule has 0 aromatic carbocycles. The first-order valence-corrected chi connectivity index (χ1v) is 8.91. The second-order valence-corrected chi connectivity index (χ2v) is 6.73. The SMILES string of the molecule is CCCO[Si](C=C=C(C)C(=O)O)(OCCC)OCCC. The predicted molar refractivity (Wildman–Crippen MR) is 79.4 cm³/mol. The van der Waals surface area contributed by atoms with Crippen LogP contribution in [0.25, 0.3) is 0 Å². The van der Waals surface area contributed by atoms with Crippen LogP contribution in [0.2, 0.25) is 0 Å². The number of hydrogen-bond acceptors (Lipinski definition) is 4. The van der Waals surface area contributed by atoms with Crippen molar-refractivity contribution in [2.24, 2.45) is 0 Å². The third-order valence-corrected chi connectivity index (χ3v) is 4.63. The predicted octanol–water partition coefficient (Wildman–Crippen LogP) is 2.93. The number of carbonyl (C=O) groups is 1. The first kappa shape index (κ1) is 19.1. The summed E-state index contributed by atoms with van der Waals surface area (Å²) in [7, 11) is -2.99. The molecule has 5 nitrogen and oxygen atoms in total. The fourth-order valence-corrected chi connectivity index (χ4v) is 3.60. The van der Waals surface area contributed by atoms with Gasteiger partial charge in [0.1, 0.15) is 0 Å². The Morgan fingerprint density at radius 3 is 1.75 bits per heavy atom. The zero-order valence-corrected chi connectivity index (χ0v) is 13.9. The monoisotopic (exact) mass is 302 g/mol. The minimum Gasteiger partial charge on any atom is -0.477 e. The van der Waals surface area contributed by atoms with E-state index in [1.165, 1.54) is 6.92 Å². The number of rotatable bonds is 11. The Morgan fingerprint density at radius 2 is 1.45 bits per heavy atom. The zero-order chi connectivity index (χ0) is 15.4. The summed E-state index contributed by atoms with van der Waals surface area (Å²) in [5.74, 6) is -1.01. The van der Waals surface area contributed by atoms with Crippen molar-refractivity contribution in [3.63, 3.8) is 0 Å². The van der Waals surface area contributed by atoms with Crippen LogP contribution in [0.5, 0.6) is 0 Å². The van der Waals surface area contributed by atoms with E-state index in [0.29, 0.717) is 19.8 Å². The molecule has 0 saturated carbocycles. The maximum absolute atomic E-state index is 10.8. The van der Waals surface area contributed by atoms with Gasteiger partial charge in [0.15, 0.2) is 0 Å². The molecule has 0 bridgehead atoms. The minimum absolute atomic E-state index is 0.113. The summed E-state index contributed by atoms with van der Waals surface area (Å²) in [6.45, 7) is 9.04. The van der Waals surface area contributed by atoms with Gasteiger partial charge in [-0.3, -0.25) is 0 Å². The van der Waals surface area contributed by atoms with Crippen molar-refractivity contribution in [2.75, 3.05) is 19.8 Å². The first-order chi connectivity index (χ1) is 9.51. The molecule has 0 aliphatic carbocycles. The molecule has 0 radical (unpaired) electrons. The highest BCUT2D eigenvalue weighted by atomic mass is 28.4. The van der Waals surface area contributed by atoms with Crippen LogP contribution >= 0.6 is 0 Å². The van der Waals surface area contributed by atoms with Gasteiger partial charge in [-0.15, -0.1) is 5.73 Å². The van der Waals surface area contributed by atoms with Crippen molar-refractivity contribution in [1.29, 1.82) is 0 Å². The Hall–Kier alpha value is -0.913. The van der Waals surface area contributed by atoms with Crippen molar-refractivity contribution in [3.8, 4) is 0 Å². The van der Waals surface area contributed by atoms with Gasteiger partial charge >= 0.3 is 14.8 Å². The summed E-state index contributed by atoms with van der Waals surface area (Å²) in [5.41, 5.74) is 4.39. The lowest BCUT2D eigenvalue weighted by Crippen LogP contribution is -2.45. The fraction of sp³-hybridized carbons (Fsp3) is 0.714. The quantitative estimate of drug-likeness (QED) is 0.361. The molecule has 6 heteroatoms. The van der Waals surface area contributed by atoms with Crippen molar-refractivity contribution < 1.29 is 23.2 Å². The highest BCUT2D eigenvalue weighted by molar-refractivity contribution is 6.66. The van der Waals surface area contributed by atoms with Gasteiger partial charge in [-0.2, -0.15) is 0 Å². The van der Waals surface area contributed by atoms with Crippen molar-refractivity contribution in [3.05, 3.63) is 17.0 Å². The Balaban J connectivity index is 5.22. The van der Waals surface area contributed by atoms with Crippen LogP contribution in [0.15, 0.2) is 17.0 Å². The summed E-state index contributed by atoms with van der Waals surface area (Å²) >= 11 is 0. The summed E-state index contributed by atoms with van der Waals surface area (Å²) in [6.07, 6.45) is 2.53. The van der Waals surface area contributed by atoms with Gasteiger partial charge in [0.2, 0.25) is 0 Å². The molecule has 0 amide bonds. The van der Waals surface area contributed by atoms with E-state index in [0.717, 1.165) is 19.3 Å². The van der Waals surface area contributed by atoms with Crippen LogP contribution < -0.4 is 0 Å². The largest absolute Gasteiger partial charge is 0.537 e. The maximum Gasteiger partial charge on any atom is 0.537 e. The lowest BCUT2D eigenvalue weighted by Gasteiger charge is -2.25. The molecule has 116 valence electrons. The smallest absolute Gasteiger partial charge is 0.477 e. The Bertz CT molecular complexity index is 326. The lowest BCUT2D eigenvalue weighted by molar-refractivity contribution is -0.132. The molecular formula is C14H26O5Si. The molecule has 0 unspecified atom stereocenters. The number of carboxylic acids is 1. The van der Waals surface area contributed by atoms with E-state index in [9.17, 15) is 4.79 Å². The van der Waals surface area contributed by atoms with Crippen LogP contribution in [0.1, 0.15) is 47.0 Å². The Labute approximate surface area is 122 Å². The van der Waals surface area contributed by atoms with Crippen LogP contribution in [0.3, 0.4) is 0 Å². The average molecular weight is 302 g/mol. The zero-order valence-electron chi connectivity index (χ0n) is 12.9. The Morgan fingerprint density at radius 1 is 1.05 bits per heavy atom. The fourth-order valence-electron chi connectivity index (χ4n) is 1.24. The van der Waals surface area contributed by atoms with Crippen molar-refractivity contribution in [1.82, 2.24) is 0 Å². The topological polar surface area (TPSA) is 65.0 Å². The van der Waals surface area contributed by atoms with E-state index in [2.05, 4.69) is 5.73 Å². The lowest BCUT2D eigenvalue weighted by atomic mass is 10.3. The number of carboxylic acid groups (broad SMARTS) is 1. The number of aliphatic carboxylic acids is 1. The van der Waals surface area contributed by atoms with Gasteiger partial charge in [-0.1, -0.05) is 20.8 Å². The molecule has 0 saturated heterocycles. The van der Waals surface area contributed by atoms with Crippen LogP contribution in [0, 0.1) is 0 Å². The van der Waals surface area contributed by atoms with E-state index in [1.807, 2.05) is 20.8 Å². The molecule has 0 rings (SSSR count). The molecule has 0 aromatic heterocycles. The molecule has 0 heterocycles. The van der Waals surface area contributed by atoms with Crippen LogP contribution in [0.4, 0.5) is 0 Å². The van der Waals surface area contributed by atoms with Crippen LogP contribution in [-0.4, -0.2) is 39.7 Å². The average Bonchev–Trinajstić information content (AvgIpc) is 2.45. The molecule has 0 aromatic rings.